The fraction of sp³-hybridized carbons (Fsp3) is 0.667. The number of rotatable bonds is 6. The molecule has 0 N–H and O–H groups in total. The van der Waals surface area contributed by atoms with E-state index in [1.165, 1.54) is 0 Å². The molecule has 0 amide bonds. The van der Waals surface area contributed by atoms with Gasteiger partial charge in [-0.05, 0) is 13.8 Å². The van der Waals surface area contributed by atoms with Crippen LogP contribution in [0.25, 0.3) is 0 Å². The van der Waals surface area contributed by atoms with Gasteiger partial charge in [0.2, 0.25) is 0 Å². The van der Waals surface area contributed by atoms with Crippen molar-refractivity contribution in [3.63, 3.8) is 0 Å². The van der Waals surface area contributed by atoms with E-state index >= 15 is 0 Å². The van der Waals surface area contributed by atoms with Gasteiger partial charge in [0.05, 0.1) is 19.0 Å². The molecule has 0 aliphatic rings. The number of nitrogens with zero attached hydrogens (tertiary/aromatic N) is 2. The topological polar surface area (TPSA) is 36.3 Å². The number of aromatic nitrogens is 2. The lowest BCUT2D eigenvalue weighted by Gasteiger charge is -2.02. The van der Waals surface area contributed by atoms with Gasteiger partial charge < -0.3 is 9.47 Å². The van der Waals surface area contributed by atoms with Crippen LogP contribution in [-0.2, 0) is 11.3 Å². The zero-order valence-electron chi connectivity index (χ0n) is 8.19. The summed E-state index contributed by atoms with van der Waals surface area (Å²) in [7, 11) is 0. The molecule has 74 valence electrons. The maximum absolute atomic E-state index is 5.38. The quantitative estimate of drug-likeness (QED) is 0.625. The smallest absolute Gasteiger partial charge is 0.157 e. The summed E-state index contributed by atoms with van der Waals surface area (Å²) in [6.45, 7) is 6.83. The molecule has 1 aromatic rings. The van der Waals surface area contributed by atoms with Gasteiger partial charge in [-0.3, -0.25) is 4.68 Å². The van der Waals surface area contributed by atoms with E-state index in [0.29, 0.717) is 13.2 Å². The third-order valence-corrected chi connectivity index (χ3v) is 1.63. The average molecular weight is 184 g/mol. The highest BCUT2D eigenvalue weighted by atomic mass is 16.5. The Morgan fingerprint density at radius 2 is 2.23 bits per heavy atom. The molecule has 1 aromatic heterocycles. The first kappa shape index (κ1) is 10.1. The van der Waals surface area contributed by atoms with Crippen LogP contribution < -0.4 is 4.74 Å². The lowest BCUT2D eigenvalue weighted by atomic mass is 10.6. The Labute approximate surface area is 78.5 Å². The molecule has 0 fully saturated rings. The van der Waals surface area contributed by atoms with Gasteiger partial charge in [0.15, 0.2) is 5.75 Å². The average Bonchev–Trinajstić information content (AvgIpc) is 2.60. The van der Waals surface area contributed by atoms with Crippen molar-refractivity contribution >= 4 is 0 Å². The first-order valence-electron chi connectivity index (χ1n) is 4.59. The Kier molecular flexibility index (Phi) is 4.32. The molecule has 0 radical (unpaired) electrons. The summed E-state index contributed by atoms with van der Waals surface area (Å²) >= 11 is 0. The molecule has 0 unspecified atom stereocenters. The van der Waals surface area contributed by atoms with Crippen LogP contribution in [0.3, 0.4) is 0 Å². The number of ether oxygens (including phenoxy) is 2. The highest BCUT2D eigenvalue weighted by Gasteiger charge is 1.96. The predicted molar refractivity (Wildman–Crippen MR) is 49.9 cm³/mol. The van der Waals surface area contributed by atoms with Crippen LogP contribution >= 0.6 is 0 Å². The SMILES string of the molecule is CCOCCOc1cnn(CC)c1. The summed E-state index contributed by atoms with van der Waals surface area (Å²) in [5.74, 6) is 0.807. The van der Waals surface area contributed by atoms with Crippen LogP contribution in [0.1, 0.15) is 13.8 Å². The molecular formula is C9H16N2O2. The van der Waals surface area contributed by atoms with E-state index in [-0.39, 0.29) is 0 Å². The van der Waals surface area contributed by atoms with Crippen LogP contribution in [0.5, 0.6) is 5.75 Å². The number of hydrogen-bond donors (Lipinski definition) is 0. The minimum atomic E-state index is 0.587. The van der Waals surface area contributed by atoms with E-state index in [9.17, 15) is 0 Å². The zero-order chi connectivity index (χ0) is 9.52. The lowest BCUT2D eigenvalue weighted by Crippen LogP contribution is -2.05. The number of hydrogen-bond acceptors (Lipinski definition) is 3. The zero-order valence-corrected chi connectivity index (χ0v) is 8.19. The molecule has 0 spiro atoms. The van der Waals surface area contributed by atoms with Gasteiger partial charge in [-0.25, -0.2) is 0 Å². The highest BCUT2D eigenvalue weighted by Crippen LogP contribution is 2.07. The van der Waals surface area contributed by atoms with Crippen molar-refractivity contribution in [3.8, 4) is 5.75 Å². The van der Waals surface area contributed by atoms with Crippen LogP contribution in [0.4, 0.5) is 0 Å². The molecular weight excluding hydrogens is 168 g/mol. The largest absolute Gasteiger partial charge is 0.488 e. The molecule has 4 heteroatoms. The predicted octanol–water partition coefficient (Wildman–Crippen LogP) is 1.32. The second-order valence-corrected chi connectivity index (χ2v) is 2.58. The molecule has 13 heavy (non-hydrogen) atoms. The molecule has 0 aliphatic heterocycles. The van der Waals surface area contributed by atoms with E-state index in [1.54, 1.807) is 6.20 Å². The summed E-state index contributed by atoms with van der Waals surface area (Å²) in [5, 5.41) is 4.08. The summed E-state index contributed by atoms with van der Waals surface area (Å²) < 4.78 is 12.3. The van der Waals surface area contributed by atoms with E-state index in [0.717, 1.165) is 18.9 Å². The first-order chi connectivity index (χ1) is 6.36. The maximum Gasteiger partial charge on any atom is 0.157 e. The Balaban J connectivity index is 2.20. The van der Waals surface area contributed by atoms with Gasteiger partial charge in [-0.15, -0.1) is 0 Å². The van der Waals surface area contributed by atoms with Gasteiger partial charge in [0.25, 0.3) is 0 Å². The Bertz CT molecular complexity index is 235. The van der Waals surface area contributed by atoms with Crippen molar-refractivity contribution in [1.82, 2.24) is 9.78 Å². The first-order valence-corrected chi connectivity index (χ1v) is 4.59. The third-order valence-electron chi connectivity index (χ3n) is 1.63. The van der Waals surface area contributed by atoms with Crippen LogP contribution in [-0.4, -0.2) is 29.6 Å². The monoisotopic (exact) mass is 184 g/mol. The Morgan fingerprint density at radius 3 is 2.85 bits per heavy atom. The summed E-state index contributed by atoms with van der Waals surface area (Å²) in [6.07, 6.45) is 3.60. The second kappa shape index (κ2) is 5.59. The Hall–Kier alpha value is -1.03. The van der Waals surface area contributed by atoms with Crippen LogP contribution in [0.15, 0.2) is 12.4 Å². The van der Waals surface area contributed by atoms with E-state index in [4.69, 9.17) is 9.47 Å². The van der Waals surface area contributed by atoms with Gasteiger partial charge in [0, 0.05) is 13.2 Å². The van der Waals surface area contributed by atoms with Crippen molar-refractivity contribution in [1.29, 1.82) is 0 Å². The van der Waals surface area contributed by atoms with Gasteiger partial charge in [0.1, 0.15) is 6.61 Å². The molecule has 4 nitrogen and oxygen atoms in total. The summed E-state index contributed by atoms with van der Waals surface area (Å²) in [6, 6.07) is 0. The molecule has 0 saturated carbocycles. The molecule has 0 aromatic carbocycles. The van der Waals surface area contributed by atoms with Gasteiger partial charge >= 0.3 is 0 Å². The molecule has 0 atom stereocenters. The van der Waals surface area contributed by atoms with Crippen molar-refractivity contribution < 1.29 is 9.47 Å². The fourth-order valence-electron chi connectivity index (χ4n) is 0.955. The molecule has 1 heterocycles. The normalized spacial score (nSPS) is 10.3. The minimum absolute atomic E-state index is 0.587. The highest BCUT2D eigenvalue weighted by molar-refractivity contribution is 5.11. The summed E-state index contributed by atoms with van der Waals surface area (Å²) in [4.78, 5) is 0. The van der Waals surface area contributed by atoms with Crippen molar-refractivity contribution in [2.75, 3.05) is 19.8 Å². The number of aryl methyl sites for hydroxylation is 1. The maximum atomic E-state index is 5.38. The van der Waals surface area contributed by atoms with Crippen molar-refractivity contribution in [2.24, 2.45) is 0 Å². The van der Waals surface area contributed by atoms with Gasteiger partial charge in [-0.1, -0.05) is 0 Å². The third kappa shape index (κ3) is 3.46. The van der Waals surface area contributed by atoms with Crippen molar-refractivity contribution in [3.05, 3.63) is 12.4 Å². The van der Waals surface area contributed by atoms with Crippen LogP contribution in [0, 0.1) is 0 Å². The molecule has 0 saturated heterocycles. The molecule has 0 bridgehead atoms. The summed E-state index contributed by atoms with van der Waals surface area (Å²) in [5.41, 5.74) is 0. The lowest BCUT2D eigenvalue weighted by molar-refractivity contribution is 0.110. The van der Waals surface area contributed by atoms with E-state index < -0.39 is 0 Å². The van der Waals surface area contributed by atoms with E-state index in [2.05, 4.69) is 5.10 Å². The standard InChI is InChI=1S/C9H16N2O2/c1-3-11-8-9(7-10-11)13-6-5-12-4-2/h7-8H,3-6H2,1-2H3. The van der Waals surface area contributed by atoms with Crippen molar-refractivity contribution in [2.45, 2.75) is 20.4 Å². The molecule has 1 rings (SSSR count). The second-order valence-electron chi connectivity index (χ2n) is 2.58. The molecule has 0 aliphatic carbocycles. The minimum Gasteiger partial charge on any atom is -0.488 e. The van der Waals surface area contributed by atoms with E-state index in [1.807, 2.05) is 24.7 Å². The van der Waals surface area contributed by atoms with Crippen LogP contribution in [0.2, 0.25) is 0 Å². The fourth-order valence-corrected chi connectivity index (χ4v) is 0.955. The Morgan fingerprint density at radius 1 is 1.38 bits per heavy atom. The van der Waals surface area contributed by atoms with Gasteiger partial charge in [-0.2, -0.15) is 5.10 Å².